The average molecular weight is 161 g/mol. The summed E-state index contributed by atoms with van der Waals surface area (Å²) in [4.78, 5) is 0. The quantitative estimate of drug-likeness (QED) is 0.616. The molecule has 68 valence electrons. The number of hydrogen-bond acceptors (Lipinski definition) is 2. The molecule has 0 saturated carbocycles. The molecule has 11 heavy (non-hydrogen) atoms. The van der Waals surface area contributed by atoms with Crippen molar-refractivity contribution in [1.82, 2.24) is 0 Å². The van der Waals surface area contributed by atoms with E-state index in [9.17, 15) is 0 Å². The van der Waals surface area contributed by atoms with Crippen molar-refractivity contribution in [3.63, 3.8) is 0 Å². The molecule has 0 aliphatic carbocycles. The van der Waals surface area contributed by atoms with Crippen LogP contribution in [0.25, 0.3) is 0 Å². The molecule has 3 nitrogen and oxygen atoms in total. The largest absolute Gasteiger partial charge is 0.412 e. The van der Waals surface area contributed by atoms with Gasteiger partial charge in [-0.3, -0.25) is 0 Å². The van der Waals surface area contributed by atoms with E-state index in [1.165, 1.54) is 6.92 Å². The Bertz CT molecular complexity index is 88.8. The van der Waals surface area contributed by atoms with Gasteiger partial charge in [0.15, 0.2) is 0 Å². The number of ether oxygens (including phenoxy) is 1. The van der Waals surface area contributed by atoms with E-state index in [-0.39, 0.29) is 5.48 Å². The van der Waals surface area contributed by atoms with Crippen LogP contribution in [0.4, 0.5) is 0 Å². The minimum absolute atomic E-state index is 0. The van der Waals surface area contributed by atoms with Gasteiger partial charge in [-0.1, -0.05) is 0 Å². The third-order valence-electron chi connectivity index (χ3n) is 0.544. The van der Waals surface area contributed by atoms with Crippen molar-refractivity contribution in [2.75, 3.05) is 0 Å². The van der Waals surface area contributed by atoms with Crippen LogP contribution >= 0.6 is 0 Å². The van der Waals surface area contributed by atoms with E-state index < -0.39 is 0 Å². The molecule has 3 heteroatoms. The molecule has 0 spiro atoms. The maximum atomic E-state index is 7.32. The molecule has 0 unspecified atom stereocenters. The van der Waals surface area contributed by atoms with Gasteiger partial charge in [-0.25, -0.2) is 0 Å². The van der Waals surface area contributed by atoms with Gasteiger partial charge in [0.1, 0.15) is 0 Å². The second-order valence-corrected chi connectivity index (χ2v) is 2.46. The minimum Gasteiger partial charge on any atom is -0.412 e. The lowest BCUT2D eigenvalue weighted by Crippen LogP contribution is -2.09. The molecule has 0 saturated heterocycles. The maximum Gasteiger partial charge on any atom is 0.0587 e. The van der Waals surface area contributed by atoms with E-state index in [0.29, 0.717) is 12.2 Å². The Morgan fingerprint density at radius 3 is 1.27 bits per heavy atom. The molecule has 0 rings (SSSR count). The SMILES string of the molecule is CC#N.CC(C)OC(C)C.O. The summed E-state index contributed by atoms with van der Waals surface area (Å²) in [6.45, 7) is 9.60. The van der Waals surface area contributed by atoms with Gasteiger partial charge in [0, 0.05) is 6.92 Å². The molecule has 0 heterocycles. The van der Waals surface area contributed by atoms with Gasteiger partial charge in [-0.05, 0) is 27.7 Å². The van der Waals surface area contributed by atoms with Crippen molar-refractivity contribution in [3.05, 3.63) is 0 Å². The van der Waals surface area contributed by atoms with Gasteiger partial charge in [0.05, 0.1) is 18.3 Å². The fourth-order valence-electron chi connectivity index (χ4n) is 0.544. The molecule has 0 atom stereocenters. The lowest BCUT2D eigenvalue weighted by molar-refractivity contribution is 0.0300. The molecular weight excluding hydrogens is 142 g/mol. The molecule has 0 bridgehead atoms. The highest BCUT2D eigenvalue weighted by Gasteiger charge is 1.94. The van der Waals surface area contributed by atoms with Crippen LogP contribution in [-0.2, 0) is 4.74 Å². The van der Waals surface area contributed by atoms with Gasteiger partial charge < -0.3 is 10.2 Å². The summed E-state index contributed by atoms with van der Waals surface area (Å²) in [5.74, 6) is 0. The predicted molar refractivity (Wildman–Crippen MR) is 46.3 cm³/mol. The van der Waals surface area contributed by atoms with Gasteiger partial charge in [0.2, 0.25) is 0 Å². The summed E-state index contributed by atoms with van der Waals surface area (Å²) in [7, 11) is 0. The van der Waals surface area contributed by atoms with Crippen molar-refractivity contribution in [2.45, 2.75) is 46.8 Å². The first-order valence-corrected chi connectivity index (χ1v) is 3.50. The Balaban J connectivity index is -0.000000140. The van der Waals surface area contributed by atoms with Crippen LogP contribution in [0.3, 0.4) is 0 Å². The number of nitriles is 1. The summed E-state index contributed by atoms with van der Waals surface area (Å²) in [6, 6.07) is 1.75. The third-order valence-corrected chi connectivity index (χ3v) is 0.544. The zero-order valence-corrected chi connectivity index (χ0v) is 8.01. The Kier molecular flexibility index (Phi) is 18.5. The van der Waals surface area contributed by atoms with Crippen molar-refractivity contribution >= 4 is 0 Å². The second kappa shape index (κ2) is 12.1. The Labute approximate surface area is 69.3 Å². The first-order chi connectivity index (χ1) is 4.54. The fraction of sp³-hybridized carbons (Fsp3) is 0.875. The topological polar surface area (TPSA) is 64.5 Å². The number of nitrogens with zero attached hydrogens (tertiary/aromatic N) is 1. The molecule has 0 aliphatic heterocycles. The van der Waals surface area contributed by atoms with Gasteiger partial charge in [-0.15, -0.1) is 0 Å². The van der Waals surface area contributed by atoms with Crippen LogP contribution in [0.2, 0.25) is 0 Å². The molecule has 0 fully saturated rings. The summed E-state index contributed by atoms with van der Waals surface area (Å²) < 4.78 is 5.25. The van der Waals surface area contributed by atoms with E-state index in [0.717, 1.165) is 0 Å². The first kappa shape index (κ1) is 16.8. The smallest absolute Gasteiger partial charge is 0.0587 e. The molecule has 0 radical (unpaired) electrons. The lowest BCUT2D eigenvalue weighted by atomic mass is 10.4. The van der Waals surface area contributed by atoms with Crippen LogP contribution in [0, 0.1) is 11.3 Å². The normalized spacial score (nSPS) is 7.82. The maximum absolute atomic E-state index is 7.32. The molecular formula is C8H19NO2. The number of rotatable bonds is 2. The van der Waals surface area contributed by atoms with Gasteiger partial charge in [-0.2, -0.15) is 5.26 Å². The Hall–Kier alpha value is -0.590. The lowest BCUT2D eigenvalue weighted by Gasteiger charge is -2.09. The van der Waals surface area contributed by atoms with Crippen molar-refractivity contribution in [3.8, 4) is 6.07 Å². The van der Waals surface area contributed by atoms with E-state index in [4.69, 9.17) is 10.00 Å². The van der Waals surface area contributed by atoms with E-state index in [2.05, 4.69) is 0 Å². The number of hydrogen-bond donors (Lipinski definition) is 0. The molecule has 0 aromatic heterocycles. The fourth-order valence-corrected chi connectivity index (χ4v) is 0.544. The summed E-state index contributed by atoms with van der Waals surface area (Å²) in [6.07, 6.45) is 0.750. The van der Waals surface area contributed by atoms with E-state index in [1.807, 2.05) is 27.7 Å². The zero-order chi connectivity index (χ0) is 8.57. The van der Waals surface area contributed by atoms with Gasteiger partial charge in [0.25, 0.3) is 0 Å². The van der Waals surface area contributed by atoms with E-state index in [1.54, 1.807) is 6.07 Å². The molecule has 0 aliphatic rings. The molecule has 0 amide bonds. The average Bonchev–Trinajstić information content (AvgIpc) is 1.62. The summed E-state index contributed by atoms with van der Waals surface area (Å²) >= 11 is 0. The summed E-state index contributed by atoms with van der Waals surface area (Å²) in [5.41, 5.74) is 0. The highest BCUT2D eigenvalue weighted by molar-refractivity contribution is 4.51. The first-order valence-electron chi connectivity index (χ1n) is 3.50. The van der Waals surface area contributed by atoms with Crippen LogP contribution in [-0.4, -0.2) is 17.7 Å². The minimum atomic E-state index is 0. The third kappa shape index (κ3) is 44.4. The van der Waals surface area contributed by atoms with Crippen LogP contribution in [0.1, 0.15) is 34.6 Å². The van der Waals surface area contributed by atoms with Crippen LogP contribution in [0.15, 0.2) is 0 Å². The molecule has 0 aromatic rings. The second-order valence-electron chi connectivity index (χ2n) is 2.46. The Morgan fingerprint density at radius 1 is 1.09 bits per heavy atom. The van der Waals surface area contributed by atoms with Crippen molar-refractivity contribution in [1.29, 1.82) is 5.26 Å². The zero-order valence-electron chi connectivity index (χ0n) is 8.01. The highest BCUT2D eigenvalue weighted by atomic mass is 16.5. The monoisotopic (exact) mass is 161 g/mol. The van der Waals surface area contributed by atoms with Crippen molar-refractivity contribution < 1.29 is 10.2 Å². The molecule has 0 aromatic carbocycles. The van der Waals surface area contributed by atoms with Gasteiger partial charge >= 0.3 is 0 Å². The standard InChI is InChI=1S/C6H14O.C2H3N.H2O/c1-5(2)7-6(3)4;1-2-3;/h5-6H,1-4H3;1H3;1H2. The van der Waals surface area contributed by atoms with Crippen LogP contribution < -0.4 is 0 Å². The Morgan fingerprint density at radius 2 is 1.27 bits per heavy atom. The predicted octanol–water partition coefficient (Wildman–Crippen LogP) is 1.52. The van der Waals surface area contributed by atoms with Crippen molar-refractivity contribution in [2.24, 2.45) is 0 Å². The highest BCUT2D eigenvalue weighted by Crippen LogP contribution is 1.93. The van der Waals surface area contributed by atoms with E-state index >= 15 is 0 Å². The van der Waals surface area contributed by atoms with Crippen LogP contribution in [0.5, 0.6) is 0 Å². The molecule has 2 N–H and O–H groups in total. The summed E-state index contributed by atoms with van der Waals surface area (Å²) in [5, 5.41) is 7.32.